The number of rotatable bonds is 2. The lowest BCUT2D eigenvalue weighted by Gasteiger charge is -2.05. The van der Waals surface area contributed by atoms with Crippen LogP contribution in [0.15, 0.2) is 35.2 Å². The fraction of sp³-hybridized carbons (Fsp3) is 0.0909. The van der Waals surface area contributed by atoms with Crippen LogP contribution in [0.5, 0.6) is 0 Å². The van der Waals surface area contributed by atoms with Crippen molar-refractivity contribution in [2.24, 2.45) is 0 Å². The van der Waals surface area contributed by atoms with E-state index in [2.05, 4.69) is 14.7 Å². The third-order valence-corrected chi connectivity index (χ3v) is 2.04. The summed E-state index contributed by atoms with van der Waals surface area (Å²) in [6.07, 6.45) is 0.0133. The van der Waals surface area contributed by atoms with Gasteiger partial charge in [0.2, 0.25) is 6.39 Å². The van der Waals surface area contributed by atoms with Gasteiger partial charge in [0.25, 0.3) is 0 Å². The highest BCUT2D eigenvalue weighted by molar-refractivity contribution is 5.66. The molecule has 0 spiro atoms. The molecule has 0 saturated carbocycles. The number of hydrogen-bond donors (Lipinski definition) is 0. The Balaban J connectivity index is 2.14. The predicted molar refractivity (Wildman–Crippen MR) is 54.7 cm³/mol. The van der Waals surface area contributed by atoms with Gasteiger partial charge in [0.05, 0.1) is 5.56 Å². The lowest BCUT2D eigenvalue weighted by molar-refractivity contribution is -0.137. The van der Waals surface area contributed by atoms with Gasteiger partial charge in [0.1, 0.15) is 0 Å². The van der Waals surface area contributed by atoms with Crippen LogP contribution in [-0.2, 0) is 6.18 Å². The first-order valence-corrected chi connectivity index (χ1v) is 4.67. The Labute approximate surface area is 94.6 Å². The van der Waals surface area contributed by atoms with Crippen LogP contribution in [-0.4, -0.2) is 10.1 Å². The van der Waals surface area contributed by atoms with E-state index in [1.165, 1.54) is 18.5 Å². The number of nitrogens with zero attached hydrogens (tertiary/aromatic N) is 2. The van der Waals surface area contributed by atoms with Crippen LogP contribution in [0.25, 0.3) is 12.2 Å². The second kappa shape index (κ2) is 4.40. The summed E-state index contributed by atoms with van der Waals surface area (Å²) in [6.45, 7) is 0. The second-order valence-electron chi connectivity index (χ2n) is 3.24. The average Bonchev–Trinajstić information content (AvgIpc) is 2.78. The minimum Gasteiger partial charge on any atom is -0.342 e. The summed E-state index contributed by atoms with van der Waals surface area (Å²) in [5.41, 5.74) is -0.0444. The van der Waals surface area contributed by atoms with Gasteiger partial charge < -0.3 is 4.52 Å². The van der Waals surface area contributed by atoms with Gasteiger partial charge in [0.15, 0.2) is 5.82 Å². The van der Waals surface area contributed by atoms with E-state index in [4.69, 9.17) is 0 Å². The second-order valence-corrected chi connectivity index (χ2v) is 3.24. The molecular weight excluding hydrogens is 233 g/mol. The molecule has 0 aliphatic carbocycles. The molecule has 2 rings (SSSR count). The molecule has 88 valence electrons. The minimum absolute atomic E-state index is 0.366. The standard InChI is InChI=1S/C11H7F3N2O/c12-11(13,14)9-4-1-8(2-5-9)3-6-10-15-7-17-16-10/h1-7H. The van der Waals surface area contributed by atoms with Crippen LogP contribution in [0, 0.1) is 0 Å². The Kier molecular flexibility index (Phi) is 2.95. The van der Waals surface area contributed by atoms with Gasteiger partial charge in [-0.15, -0.1) is 0 Å². The summed E-state index contributed by atoms with van der Waals surface area (Å²) in [5.74, 6) is 0.366. The quantitative estimate of drug-likeness (QED) is 0.808. The van der Waals surface area contributed by atoms with Gasteiger partial charge >= 0.3 is 6.18 Å². The summed E-state index contributed by atoms with van der Waals surface area (Å²) in [4.78, 5) is 3.74. The summed E-state index contributed by atoms with van der Waals surface area (Å²) < 4.78 is 41.3. The topological polar surface area (TPSA) is 38.9 Å². The molecule has 6 heteroatoms. The molecular formula is C11H7F3N2O. The van der Waals surface area contributed by atoms with Crippen LogP contribution >= 0.6 is 0 Å². The maximum Gasteiger partial charge on any atom is 0.416 e. The Bertz CT molecular complexity index is 501. The highest BCUT2D eigenvalue weighted by Crippen LogP contribution is 2.29. The number of aromatic nitrogens is 2. The van der Waals surface area contributed by atoms with E-state index in [-0.39, 0.29) is 0 Å². The van der Waals surface area contributed by atoms with Gasteiger partial charge in [-0.2, -0.15) is 18.2 Å². The fourth-order valence-corrected chi connectivity index (χ4v) is 1.21. The molecule has 0 N–H and O–H groups in total. The molecule has 0 bridgehead atoms. The molecule has 0 aliphatic rings. The predicted octanol–water partition coefficient (Wildman–Crippen LogP) is 3.26. The zero-order valence-corrected chi connectivity index (χ0v) is 8.48. The zero-order valence-electron chi connectivity index (χ0n) is 8.48. The number of hydrogen-bond acceptors (Lipinski definition) is 3. The van der Waals surface area contributed by atoms with E-state index in [0.717, 1.165) is 12.1 Å². The van der Waals surface area contributed by atoms with Crippen LogP contribution in [0.3, 0.4) is 0 Å². The third-order valence-electron chi connectivity index (χ3n) is 2.04. The van der Waals surface area contributed by atoms with Gasteiger partial charge in [-0.05, 0) is 23.8 Å². The molecule has 0 fully saturated rings. The van der Waals surface area contributed by atoms with Gasteiger partial charge in [-0.25, -0.2) is 0 Å². The van der Waals surface area contributed by atoms with Gasteiger partial charge in [-0.1, -0.05) is 23.4 Å². The maximum atomic E-state index is 12.3. The van der Waals surface area contributed by atoms with E-state index >= 15 is 0 Å². The Morgan fingerprint density at radius 2 is 1.76 bits per heavy atom. The largest absolute Gasteiger partial charge is 0.416 e. The molecule has 0 saturated heterocycles. The molecule has 0 amide bonds. The van der Waals surface area contributed by atoms with Gasteiger partial charge in [-0.3, -0.25) is 0 Å². The molecule has 0 unspecified atom stereocenters. The third kappa shape index (κ3) is 2.93. The van der Waals surface area contributed by atoms with E-state index in [9.17, 15) is 13.2 Å². The number of halogens is 3. The van der Waals surface area contributed by atoms with Gasteiger partial charge in [0, 0.05) is 0 Å². The molecule has 1 aromatic heterocycles. The highest BCUT2D eigenvalue weighted by Gasteiger charge is 2.29. The van der Waals surface area contributed by atoms with Crippen molar-refractivity contribution in [1.29, 1.82) is 0 Å². The van der Waals surface area contributed by atoms with Crippen molar-refractivity contribution >= 4 is 12.2 Å². The van der Waals surface area contributed by atoms with E-state index in [1.54, 1.807) is 12.2 Å². The SMILES string of the molecule is FC(F)(F)c1ccc(C=Cc2ncon2)cc1. The first-order chi connectivity index (χ1) is 8.05. The summed E-state index contributed by atoms with van der Waals surface area (Å²) in [5, 5.41) is 3.54. The lowest BCUT2D eigenvalue weighted by Crippen LogP contribution is -2.03. The Hall–Kier alpha value is -2.11. The molecule has 17 heavy (non-hydrogen) atoms. The molecule has 0 radical (unpaired) electrons. The monoisotopic (exact) mass is 240 g/mol. The van der Waals surface area contributed by atoms with E-state index in [0.29, 0.717) is 11.4 Å². The highest BCUT2D eigenvalue weighted by atomic mass is 19.4. The van der Waals surface area contributed by atoms with Crippen LogP contribution in [0.2, 0.25) is 0 Å². The van der Waals surface area contributed by atoms with Crippen molar-refractivity contribution in [3.05, 3.63) is 47.6 Å². The van der Waals surface area contributed by atoms with Crippen LogP contribution in [0.4, 0.5) is 13.2 Å². The Morgan fingerprint density at radius 3 is 2.29 bits per heavy atom. The maximum absolute atomic E-state index is 12.3. The minimum atomic E-state index is -4.31. The van der Waals surface area contributed by atoms with Crippen molar-refractivity contribution in [1.82, 2.24) is 10.1 Å². The summed E-state index contributed by atoms with van der Waals surface area (Å²) in [6, 6.07) is 4.80. The van der Waals surface area contributed by atoms with Crippen molar-refractivity contribution in [2.75, 3.05) is 0 Å². The van der Waals surface area contributed by atoms with Crippen molar-refractivity contribution in [3.63, 3.8) is 0 Å². The number of benzene rings is 1. The summed E-state index contributed by atoms with van der Waals surface area (Å²) in [7, 11) is 0. The van der Waals surface area contributed by atoms with E-state index in [1.807, 2.05) is 0 Å². The zero-order chi connectivity index (χ0) is 12.3. The van der Waals surface area contributed by atoms with Crippen LogP contribution in [0.1, 0.15) is 17.0 Å². The fourth-order valence-electron chi connectivity index (χ4n) is 1.21. The molecule has 2 aromatic rings. The summed E-state index contributed by atoms with van der Waals surface area (Å²) >= 11 is 0. The molecule has 0 atom stereocenters. The van der Waals surface area contributed by atoms with E-state index < -0.39 is 11.7 Å². The number of alkyl halides is 3. The molecule has 0 aliphatic heterocycles. The molecule has 3 nitrogen and oxygen atoms in total. The average molecular weight is 240 g/mol. The normalized spacial score (nSPS) is 12.2. The van der Waals surface area contributed by atoms with Crippen molar-refractivity contribution < 1.29 is 17.7 Å². The first-order valence-electron chi connectivity index (χ1n) is 4.67. The van der Waals surface area contributed by atoms with Crippen molar-refractivity contribution in [2.45, 2.75) is 6.18 Å². The first kappa shape index (κ1) is 11.4. The molecule has 1 aromatic carbocycles. The van der Waals surface area contributed by atoms with Crippen LogP contribution < -0.4 is 0 Å². The van der Waals surface area contributed by atoms with Crippen molar-refractivity contribution in [3.8, 4) is 0 Å². The lowest BCUT2D eigenvalue weighted by atomic mass is 10.1. The smallest absolute Gasteiger partial charge is 0.342 e. The Morgan fingerprint density at radius 1 is 1.06 bits per heavy atom. The molecule has 1 heterocycles.